The highest BCUT2D eigenvalue weighted by Crippen LogP contribution is 2.39. The van der Waals surface area contributed by atoms with Gasteiger partial charge in [0.2, 0.25) is 0 Å². The number of rotatable bonds is 2. The third-order valence-corrected chi connectivity index (χ3v) is 3.60. The monoisotopic (exact) mass is 338 g/mol. The molecular weight excluding hydrogens is 328 g/mol. The number of carbonyl (C=O) groups is 1. The molecule has 0 radical (unpaired) electrons. The third-order valence-electron chi connectivity index (χ3n) is 3.60. The van der Waals surface area contributed by atoms with Crippen molar-refractivity contribution >= 4 is 12.0 Å². The highest BCUT2D eigenvalue weighted by atomic mass is 19.4. The van der Waals surface area contributed by atoms with Crippen molar-refractivity contribution in [3.05, 3.63) is 70.5 Å². The minimum Gasteiger partial charge on any atom is -0.480 e. The van der Waals surface area contributed by atoms with E-state index in [1.165, 1.54) is 6.08 Å². The number of hydrogen-bond donors (Lipinski definition) is 1. The summed E-state index contributed by atoms with van der Waals surface area (Å²) >= 11 is 0. The predicted octanol–water partition coefficient (Wildman–Crippen LogP) is 4.45. The molecule has 0 saturated carbocycles. The number of aliphatic carboxylic acids is 1. The Bertz CT molecular complexity index is 840. The number of hydrogen-bond acceptors (Lipinski definition) is 2. The van der Waals surface area contributed by atoms with Gasteiger partial charge < -0.3 is 9.84 Å². The number of para-hydroxylation sites is 1. The average Bonchev–Trinajstić information content (AvgIpc) is 2.53. The highest BCUT2D eigenvalue weighted by molar-refractivity contribution is 5.95. The lowest BCUT2D eigenvalue weighted by molar-refractivity contribution is -0.140. The molecule has 24 heavy (non-hydrogen) atoms. The molecule has 3 rings (SSSR count). The number of carboxylic acids is 1. The molecule has 1 unspecified atom stereocenters. The first kappa shape index (κ1) is 16.0. The molecule has 124 valence electrons. The van der Waals surface area contributed by atoms with Crippen LogP contribution in [0.4, 0.5) is 17.6 Å². The molecule has 0 aromatic heterocycles. The first-order chi connectivity index (χ1) is 11.3. The summed E-state index contributed by atoms with van der Waals surface area (Å²) in [6, 6.07) is 8.84. The normalized spacial score (nSPS) is 16.8. The second kappa shape index (κ2) is 5.67. The number of carboxylic acid groups (broad SMARTS) is 1. The SMILES string of the molecule is O=C(O)C1=Cc2ccccc2OC1c1ccc(F)c(C(F)(F)F)c1. The number of alkyl halides is 3. The molecule has 1 aliphatic heterocycles. The maximum absolute atomic E-state index is 13.4. The van der Waals surface area contributed by atoms with Crippen LogP contribution in [0, 0.1) is 5.82 Å². The first-order valence-corrected chi connectivity index (χ1v) is 6.84. The fourth-order valence-electron chi connectivity index (χ4n) is 2.49. The van der Waals surface area contributed by atoms with Gasteiger partial charge in [-0.1, -0.05) is 24.3 Å². The van der Waals surface area contributed by atoms with Crippen LogP contribution in [-0.4, -0.2) is 11.1 Å². The summed E-state index contributed by atoms with van der Waals surface area (Å²) in [5.74, 6) is -2.42. The maximum atomic E-state index is 13.4. The molecule has 0 saturated heterocycles. The Morgan fingerprint density at radius 2 is 1.83 bits per heavy atom. The van der Waals surface area contributed by atoms with Crippen molar-refractivity contribution in [1.29, 1.82) is 0 Å². The molecule has 1 N–H and O–H groups in total. The van der Waals surface area contributed by atoms with E-state index >= 15 is 0 Å². The van der Waals surface area contributed by atoms with Crippen LogP contribution in [0.5, 0.6) is 5.75 Å². The second-order valence-corrected chi connectivity index (χ2v) is 5.18. The lowest BCUT2D eigenvalue weighted by Gasteiger charge is -2.26. The Morgan fingerprint density at radius 1 is 1.12 bits per heavy atom. The molecule has 0 fully saturated rings. The quantitative estimate of drug-likeness (QED) is 0.823. The van der Waals surface area contributed by atoms with Gasteiger partial charge in [0.05, 0.1) is 11.1 Å². The van der Waals surface area contributed by atoms with Crippen LogP contribution < -0.4 is 4.74 Å². The van der Waals surface area contributed by atoms with Gasteiger partial charge in [-0.15, -0.1) is 0 Å². The summed E-state index contributed by atoms with van der Waals surface area (Å²) in [5, 5.41) is 9.33. The van der Waals surface area contributed by atoms with E-state index in [1.807, 2.05) is 0 Å². The molecule has 7 heteroatoms. The number of benzene rings is 2. The Kier molecular flexibility index (Phi) is 3.79. The van der Waals surface area contributed by atoms with Gasteiger partial charge in [0.25, 0.3) is 0 Å². The van der Waals surface area contributed by atoms with E-state index in [0.29, 0.717) is 23.4 Å². The minimum absolute atomic E-state index is 0.0909. The Balaban J connectivity index is 2.11. The Labute approximate surface area is 133 Å². The molecular formula is C17H10F4O3. The van der Waals surface area contributed by atoms with Crippen molar-refractivity contribution in [3.8, 4) is 5.75 Å². The number of halogens is 4. The molecule has 0 amide bonds. The van der Waals surface area contributed by atoms with Crippen LogP contribution in [0.1, 0.15) is 22.8 Å². The Hall–Kier alpha value is -2.83. The average molecular weight is 338 g/mol. The molecule has 2 aromatic carbocycles. The second-order valence-electron chi connectivity index (χ2n) is 5.18. The van der Waals surface area contributed by atoms with E-state index in [9.17, 15) is 27.5 Å². The molecule has 0 bridgehead atoms. The largest absolute Gasteiger partial charge is 0.480 e. The predicted molar refractivity (Wildman–Crippen MR) is 76.8 cm³/mol. The van der Waals surface area contributed by atoms with Crippen molar-refractivity contribution in [2.45, 2.75) is 12.3 Å². The van der Waals surface area contributed by atoms with Crippen molar-refractivity contribution < 1.29 is 32.2 Å². The summed E-state index contributed by atoms with van der Waals surface area (Å²) in [7, 11) is 0. The van der Waals surface area contributed by atoms with E-state index in [4.69, 9.17) is 4.74 Å². The zero-order valence-electron chi connectivity index (χ0n) is 12.0. The van der Waals surface area contributed by atoms with Crippen molar-refractivity contribution in [2.24, 2.45) is 0 Å². The minimum atomic E-state index is -4.89. The molecule has 2 aromatic rings. The van der Waals surface area contributed by atoms with E-state index < -0.39 is 29.6 Å². The van der Waals surface area contributed by atoms with Gasteiger partial charge in [-0.05, 0) is 29.8 Å². The van der Waals surface area contributed by atoms with Crippen LogP contribution in [0.15, 0.2) is 48.0 Å². The van der Waals surface area contributed by atoms with Gasteiger partial charge >= 0.3 is 12.1 Å². The Morgan fingerprint density at radius 3 is 2.50 bits per heavy atom. The van der Waals surface area contributed by atoms with E-state index in [-0.39, 0.29) is 11.1 Å². The molecule has 0 aliphatic carbocycles. The molecule has 1 atom stereocenters. The van der Waals surface area contributed by atoms with Crippen molar-refractivity contribution in [3.63, 3.8) is 0 Å². The highest BCUT2D eigenvalue weighted by Gasteiger charge is 2.36. The zero-order chi connectivity index (χ0) is 17.5. The first-order valence-electron chi connectivity index (χ1n) is 6.84. The van der Waals surface area contributed by atoms with Gasteiger partial charge in [0, 0.05) is 5.56 Å². The van der Waals surface area contributed by atoms with E-state index in [0.717, 1.165) is 6.07 Å². The van der Waals surface area contributed by atoms with Crippen molar-refractivity contribution in [1.82, 2.24) is 0 Å². The van der Waals surface area contributed by atoms with E-state index in [2.05, 4.69) is 0 Å². The van der Waals surface area contributed by atoms with Crippen molar-refractivity contribution in [2.75, 3.05) is 0 Å². The standard InChI is InChI=1S/C17H10F4O3/c18-13-6-5-10(8-12(13)17(19,20)21)15-11(16(22)23)7-9-3-1-2-4-14(9)24-15/h1-8,15H,(H,22,23). The van der Waals surface area contributed by atoms with Gasteiger partial charge in [-0.25, -0.2) is 9.18 Å². The summed E-state index contributed by atoms with van der Waals surface area (Å²) in [6.07, 6.45) is -4.82. The van der Waals surface area contributed by atoms with Gasteiger partial charge in [-0.2, -0.15) is 13.2 Å². The van der Waals surface area contributed by atoms with Crippen LogP contribution in [0.3, 0.4) is 0 Å². The number of fused-ring (bicyclic) bond motifs is 1. The molecule has 1 aliphatic rings. The number of ether oxygens (including phenoxy) is 1. The van der Waals surface area contributed by atoms with E-state index in [1.54, 1.807) is 24.3 Å². The summed E-state index contributed by atoms with van der Waals surface area (Å²) < 4.78 is 57.6. The molecule has 3 nitrogen and oxygen atoms in total. The van der Waals surface area contributed by atoms with Crippen LogP contribution in [0.2, 0.25) is 0 Å². The van der Waals surface area contributed by atoms with Crippen LogP contribution in [0.25, 0.3) is 6.08 Å². The zero-order valence-corrected chi connectivity index (χ0v) is 12.0. The topological polar surface area (TPSA) is 46.5 Å². The van der Waals surface area contributed by atoms with Gasteiger partial charge in [-0.3, -0.25) is 0 Å². The summed E-state index contributed by atoms with van der Waals surface area (Å²) in [6.45, 7) is 0. The fraction of sp³-hybridized carbons (Fsp3) is 0.118. The fourth-order valence-corrected chi connectivity index (χ4v) is 2.49. The smallest absolute Gasteiger partial charge is 0.419 e. The molecule has 0 spiro atoms. The third kappa shape index (κ3) is 2.84. The van der Waals surface area contributed by atoms with Gasteiger partial charge in [0.1, 0.15) is 11.6 Å². The lowest BCUT2D eigenvalue weighted by atomic mass is 9.95. The molecule has 1 heterocycles. The maximum Gasteiger partial charge on any atom is 0.419 e. The van der Waals surface area contributed by atoms with Crippen LogP contribution >= 0.6 is 0 Å². The van der Waals surface area contributed by atoms with Gasteiger partial charge in [0.15, 0.2) is 6.10 Å². The van der Waals surface area contributed by atoms with Crippen LogP contribution in [-0.2, 0) is 11.0 Å². The lowest BCUT2D eigenvalue weighted by Crippen LogP contribution is -2.21. The summed E-state index contributed by atoms with van der Waals surface area (Å²) in [5.41, 5.74) is -1.28. The summed E-state index contributed by atoms with van der Waals surface area (Å²) in [4.78, 5) is 11.5.